The lowest BCUT2D eigenvalue weighted by Gasteiger charge is -2.16. The summed E-state index contributed by atoms with van der Waals surface area (Å²) in [6, 6.07) is 14.6. The molecule has 0 aliphatic heterocycles. The van der Waals surface area contributed by atoms with Gasteiger partial charge < -0.3 is 5.11 Å². The molecule has 2 aromatic rings. The highest BCUT2D eigenvalue weighted by Gasteiger charge is 2.13. The number of para-hydroxylation sites is 1. The van der Waals surface area contributed by atoms with Gasteiger partial charge in [0.2, 0.25) is 0 Å². The average Bonchev–Trinajstić information content (AvgIpc) is 2.83. The van der Waals surface area contributed by atoms with Crippen molar-refractivity contribution < 1.29 is 5.11 Å². The Balaban J connectivity index is 1.94. The topological polar surface area (TPSA) is 20.2 Å². The summed E-state index contributed by atoms with van der Waals surface area (Å²) in [6.45, 7) is 4.57. The Morgan fingerprint density at radius 2 is 0.970 bits per heavy atom. The second-order valence-electron chi connectivity index (χ2n) is 9.91. The molecule has 0 spiro atoms. The van der Waals surface area contributed by atoms with E-state index < -0.39 is 0 Å². The maximum Gasteiger partial charge on any atom is 0.123 e. The quantitative estimate of drug-likeness (QED) is 0.211. The predicted octanol–water partition coefficient (Wildman–Crippen LogP) is 10.4. The monoisotopic (exact) mass is 450 g/mol. The van der Waals surface area contributed by atoms with Crippen molar-refractivity contribution in [3.63, 3.8) is 0 Å². The van der Waals surface area contributed by atoms with Gasteiger partial charge in [0.1, 0.15) is 5.75 Å². The summed E-state index contributed by atoms with van der Waals surface area (Å²) in [7, 11) is 0. The Hall–Kier alpha value is -1.76. The molecular weight excluding hydrogens is 400 g/mol. The third kappa shape index (κ3) is 10.8. The fraction of sp³-hybridized carbons (Fsp3) is 0.625. The molecule has 0 bridgehead atoms. The number of aryl methyl sites for hydroxylation is 1. The fourth-order valence-corrected chi connectivity index (χ4v) is 5.00. The van der Waals surface area contributed by atoms with Crippen molar-refractivity contribution in [2.75, 3.05) is 0 Å². The molecule has 0 atom stereocenters. The van der Waals surface area contributed by atoms with Gasteiger partial charge in [-0.15, -0.1) is 0 Å². The van der Waals surface area contributed by atoms with Crippen LogP contribution < -0.4 is 0 Å². The zero-order chi connectivity index (χ0) is 23.6. The first kappa shape index (κ1) is 27.5. The zero-order valence-electron chi connectivity index (χ0n) is 21.7. The molecule has 0 heterocycles. The number of benzene rings is 2. The molecule has 0 aliphatic carbocycles. The van der Waals surface area contributed by atoms with E-state index in [2.05, 4.69) is 38.1 Å². The fourth-order valence-electron chi connectivity index (χ4n) is 5.00. The van der Waals surface area contributed by atoms with Gasteiger partial charge in [0, 0.05) is 5.56 Å². The minimum Gasteiger partial charge on any atom is -0.507 e. The Morgan fingerprint density at radius 1 is 0.485 bits per heavy atom. The summed E-state index contributed by atoms with van der Waals surface area (Å²) in [4.78, 5) is 0. The molecule has 0 radical (unpaired) electrons. The van der Waals surface area contributed by atoms with Crippen LogP contribution in [0.5, 0.6) is 5.75 Å². The van der Waals surface area contributed by atoms with E-state index in [-0.39, 0.29) is 0 Å². The van der Waals surface area contributed by atoms with Gasteiger partial charge in [-0.25, -0.2) is 0 Å². The normalized spacial score (nSPS) is 11.2. The molecular formula is C32H50O. The van der Waals surface area contributed by atoms with Gasteiger partial charge in [0.05, 0.1) is 0 Å². The number of unbranched alkanes of at least 4 members (excludes halogenated alkanes) is 14. The largest absolute Gasteiger partial charge is 0.507 e. The van der Waals surface area contributed by atoms with Gasteiger partial charge in [-0.05, 0) is 48.4 Å². The smallest absolute Gasteiger partial charge is 0.123 e. The summed E-state index contributed by atoms with van der Waals surface area (Å²) < 4.78 is 0. The van der Waals surface area contributed by atoms with Crippen LogP contribution in [0.1, 0.15) is 128 Å². The first-order chi connectivity index (χ1) is 16.3. The van der Waals surface area contributed by atoms with Crippen molar-refractivity contribution in [2.45, 2.75) is 129 Å². The molecule has 1 nitrogen and oxygen atoms in total. The molecule has 0 aromatic heterocycles. The summed E-state index contributed by atoms with van der Waals surface area (Å²) in [6.07, 6.45) is 24.0. The minimum absolute atomic E-state index is 0.402. The van der Waals surface area contributed by atoms with Crippen LogP contribution in [-0.4, -0.2) is 5.11 Å². The van der Waals surface area contributed by atoms with Crippen molar-refractivity contribution in [1.82, 2.24) is 0 Å². The van der Waals surface area contributed by atoms with Crippen molar-refractivity contribution in [1.29, 1.82) is 0 Å². The van der Waals surface area contributed by atoms with E-state index in [1.807, 2.05) is 18.2 Å². The number of aromatic hydroxyl groups is 1. The van der Waals surface area contributed by atoms with Gasteiger partial charge >= 0.3 is 0 Å². The third-order valence-corrected chi connectivity index (χ3v) is 7.05. The Labute approximate surface area is 205 Å². The first-order valence-electron chi connectivity index (χ1n) is 14.2. The summed E-state index contributed by atoms with van der Waals surface area (Å²) >= 11 is 0. The Bertz CT molecular complexity index is 748. The molecule has 0 fully saturated rings. The summed E-state index contributed by atoms with van der Waals surface area (Å²) in [5.41, 5.74) is 5.22. The molecule has 1 heteroatoms. The van der Waals surface area contributed by atoms with E-state index >= 15 is 0 Å². The highest BCUT2D eigenvalue weighted by Crippen LogP contribution is 2.34. The number of phenolic OH excluding ortho intramolecular Hbond substituents is 1. The number of phenols is 1. The molecule has 0 saturated heterocycles. The highest BCUT2D eigenvalue weighted by molar-refractivity contribution is 5.74. The van der Waals surface area contributed by atoms with Crippen LogP contribution in [-0.2, 0) is 12.8 Å². The van der Waals surface area contributed by atoms with Crippen LogP contribution in [0.2, 0.25) is 0 Å². The van der Waals surface area contributed by atoms with Crippen LogP contribution in [0.4, 0.5) is 0 Å². The highest BCUT2D eigenvalue weighted by atomic mass is 16.3. The van der Waals surface area contributed by atoms with E-state index in [9.17, 15) is 5.11 Å². The molecule has 2 rings (SSSR count). The van der Waals surface area contributed by atoms with Crippen molar-refractivity contribution >= 4 is 0 Å². The molecule has 0 amide bonds. The van der Waals surface area contributed by atoms with E-state index in [4.69, 9.17) is 0 Å². The minimum atomic E-state index is 0.402. The van der Waals surface area contributed by atoms with E-state index in [0.717, 1.165) is 12.0 Å². The number of hydrogen-bond acceptors (Lipinski definition) is 1. The van der Waals surface area contributed by atoms with Crippen LogP contribution >= 0.6 is 0 Å². The second-order valence-corrected chi connectivity index (χ2v) is 9.91. The lowest BCUT2D eigenvalue weighted by molar-refractivity contribution is 0.477. The Kier molecular flexibility index (Phi) is 14.7. The third-order valence-electron chi connectivity index (χ3n) is 7.05. The second kappa shape index (κ2) is 17.7. The molecule has 0 aliphatic rings. The lowest BCUT2D eigenvalue weighted by Crippen LogP contribution is -1.99. The van der Waals surface area contributed by atoms with Gasteiger partial charge in [-0.1, -0.05) is 140 Å². The predicted molar refractivity (Wildman–Crippen MR) is 146 cm³/mol. The van der Waals surface area contributed by atoms with Gasteiger partial charge in [-0.2, -0.15) is 0 Å². The molecule has 184 valence electrons. The van der Waals surface area contributed by atoms with Crippen molar-refractivity contribution in [2.24, 2.45) is 0 Å². The zero-order valence-corrected chi connectivity index (χ0v) is 21.7. The molecule has 1 N–H and O–H groups in total. The van der Waals surface area contributed by atoms with Crippen LogP contribution in [0.25, 0.3) is 11.1 Å². The van der Waals surface area contributed by atoms with E-state index in [1.54, 1.807) is 0 Å². The average molecular weight is 451 g/mol. The van der Waals surface area contributed by atoms with Crippen LogP contribution in [0.3, 0.4) is 0 Å². The van der Waals surface area contributed by atoms with Crippen LogP contribution in [0.15, 0.2) is 42.5 Å². The molecule has 0 unspecified atom stereocenters. The van der Waals surface area contributed by atoms with Gasteiger partial charge in [0.15, 0.2) is 0 Å². The van der Waals surface area contributed by atoms with E-state index in [0.29, 0.717) is 5.75 Å². The summed E-state index contributed by atoms with van der Waals surface area (Å²) in [5, 5.41) is 10.5. The molecule has 33 heavy (non-hydrogen) atoms. The van der Waals surface area contributed by atoms with Crippen LogP contribution in [0, 0.1) is 0 Å². The maximum absolute atomic E-state index is 10.5. The maximum atomic E-state index is 10.5. The van der Waals surface area contributed by atoms with Crippen molar-refractivity contribution in [3.8, 4) is 16.9 Å². The molecule has 0 saturated carbocycles. The van der Waals surface area contributed by atoms with E-state index in [1.165, 1.54) is 126 Å². The number of hydrogen-bond donors (Lipinski definition) is 1. The van der Waals surface area contributed by atoms with Gasteiger partial charge in [-0.3, -0.25) is 0 Å². The molecule has 2 aromatic carbocycles. The standard InChI is InChI=1S/C32H50O/c1-3-5-7-9-11-13-15-17-22-28-23-21-26-30(31-25-19-20-27-32(31)33)29(28)24-18-16-14-12-10-8-6-4-2/h19-21,23,25-27,33H,3-18,22,24H2,1-2H3. The van der Waals surface area contributed by atoms with Gasteiger partial charge in [0.25, 0.3) is 0 Å². The lowest BCUT2D eigenvalue weighted by atomic mass is 9.89. The Morgan fingerprint density at radius 3 is 1.55 bits per heavy atom. The summed E-state index contributed by atoms with van der Waals surface area (Å²) in [5.74, 6) is 0.402. The van der Waals surface area contributed by atoms with Crippen molar-refractivity contribution in [3.05, 3.63) is 53.6 Å². The first-order valence-corrected chi connectivity index (χ1v) is 14.2. The SMILES string of the molecule is CCCCCCCCCCc1cccc(-c2ccccc2O)c1CCCCCCCCCC. The number of rotatable bonds is 19.